The van der Waals surface area contributed by atoms with E-state index in [1.54, 1.807) is 12.5 Å². The van der Waals surface area contributed by atoms with Gasteiger partial charge in [-0.25, -0.2) is 4.98 Å². The van der Waals surface area contributed by atoms with Crippen molar-refractivity contribution in [1.82, 2.24) is 19.7 Å². The Balaban J connectivity index is 1.70. The summed E-state index contributed by atoms with van der Waals surface area (Å²) in [7, 11) is 1.89. The van der Waals surface area contributed by atoms with Crippen LogP contribution in [0.1, 0.15) is 11.5 Å². The minimum Gasteiger partial charge on any atom is -0.399 e. The summed E-state index contributed by atoms with van der Waals surface area (Å²) in [5.74, 6) is 1.18. The van der Waals surface area contributed by atoms with E-state index in [-0.39, 0.29) is 0 Å². The van der Waals surface area contributed by atoms with Gasteiger partial charge in [0.1, 0.15) is 5.69 Å². The molecular formula is C14H15N5O. The number of aryl methyl sites for hydroxylation is 3. The fraction of sp³-hybridized carbons (Fsp3) is 0.214. The third-order valence-electron chi connectivity index (χ3n) is 3.09. The topological polar surface area (TPSA) is 82.8 Å². The van der Waals surface area contributed by atoms with Gasteiger partial charge >= 0.3 is 0 Å². The minimum atomic E-state index is 0.563. The van der Waals surface area contributed by atoms with Crippen LogP contribution >= 0.6 is 0 Å². The molecule has 102 valence electrons. The Labute approximate surface area is 116 Å². The van der Waals surface area contributed by atoms with E-state index in [1.165, 1.54) is 0 Å². The zero-order valence-corrected chi connectivity index (χ0v) is 11.2. The van der Waals surface area contributed by atoms with Gasteiger partial charge in [-0.2, -0.15) is 4.98 Å². The summed E-state index contributed by atoms with van der Waals surface area (Å²) in [6.45, 7) is 0. The first kappa shape index (κ1) is 12.4. The molecular weight excluding hydrogens is 254 g/mol. The molecule has 3 rings (SSSR count). The number of nitrogens with zero attached hydrogens (tertiary/aromatic N) is 4. The second kappa shape index (κ2) is 5.16. The summed E-state index contributed by atoms with van der Waals surface area (Å²) >= 11 is 0. The number of aromatic nitrogens is 4. The van der Waals surface area contributed by atoms with Crippen molar-refractivity contribution in [1.29, 1.82) is 0 Å². The van der Waals surface area contributed by atoms with Gasteiger partial charge in [-0.15, -0.1) is 0 Å². The molecule has 0 unspecified atom stereocenters. The Morgan fingerprint density at radius 2 is 2.20 bits per heavy atom. The predicted molar refractivity (Wildman–Crippen MR) is 74.8 cm³/mol. The molecule has 0 aliphatic carbocycles. The molecule has 0 atom stereocenters. The highest BCUT2D eigenvalue weighted by Gasteiger charge is 2.11. The van der Waals surface area contributed by atoms with Crippen LogP contribution in [0.2, 0.25) is 0 Å². The maximum absolute atomic E-state index is 5.75. The summed E-state index contributed by atoms with van der Waals surface area (Å²) in [6, 6.07) is 7.81. The van der Waals surface area contributed by atoms with E-state index < -0.39 is 0 Å². The molecule has 0 spiro atoms. The van der Waals surface area contributed by atoms with Crippen molar-refractivity contribution in [2.24, 2.45) is 7.05 Å². The van der Waals surface area contributed by atoms with Crippen molar-refractivity contribution in [3.05, 3.63) is 48.2 Å². The standard InChI is InChI=1S/C14H15N5O/c1-19-9-16-8-12(19)14-17-13(20-18-14)6-5-10-3-2-4-11(15)7-10/h2-4,7-9H,5-6,15H2,1H3. The van der Waals surface area contributed by atoms with Crippen molar-refractivity contribution in [3.8, 4) is 11.5 Å². The van der Waals surface area contributed by atoms with E-state index in [0.29, 0.717) is 18.1 Å². The number of imidazole rings is 1. The van der Waals surface area contributed by atoms with Crippen molar-refractivity contribution >= 4 is 5.69 Å². The molecule has 0 amide bonds. The summed E-state index contributed by atoms with van der Waals surface area (Å²) < 4.78 is 7.12. The second-order valence-electron chi connectivity index (χ2n) is 4.65. The SMILES string of the molecule is Cn1cncc1-c1noc(CCc2cccc(N)c2)n1. The maximum atomic E-state index is 5.75. The van der Waals surface area contributed by atoms with Gasteiger partial charge in [0.15, 0.2) is 0 Å². The molecule has 0 saturated heterocycles. The predicted octanol–water partition coefficient (Wildman–Crippen LogP) is 1.84. The van der Waals surface area contributed by atoms with Crippen LogP contribution in [-0.2, 0) is 19.9 Å². The summed E-state index contributed by atoms with van der Waals surface area (Å²) in [5.41, 5.74) is 8.51. The number of rotatable bonds is 4. The number of anilines is 1. The Bertz CT molecular complexity index is 716. The van der Waals surface area contributed by atoms with Gasteiger partial charge < -0.3 is 14.8 Å². The molecule has 1 aromatic carbocycles. The van der Waals surface area contributed by atoms with Gasteiger partial charge in [0.25, 0.3) is 0 Å². The number of benzene rings is 1. The molecule has 6 heteroatoms. The molecule has 2 aromatic heterocycles. The first-order chi connectivity index (χ1) is 9.72. The summed E-state index contributed by atoms with van der Waals surface area (Å²) in [5, 5.41) is 3.98. The molecule has 20 heavy (non-hydrogen) atoms. The van der Waals surface area contributed by atoms with Crippen molar-refractivity contribution in [2.75, 3.05) is 5.73 Å². The normalized spacial score (nSPS) is 10.8. The first-order valence-electron chi connectivity index (χ1n) is 6.36. The lowest BCUT2D eigenvalue weighted by Gasteiger charge is -1.99. The highest BCUT2D eigenvalue weighted by Crippen LogP contribution is 2.15. The maximum Gasteiger partial charge on any atom is 0.227 e. The molecule has 0 bridgehead atoms. The number of nitrogens with two attached hydrogens (primary N) is 1. The quantitative estimate of drug-likeness (QED) is 0.731. The van der Waals surface area contributed by atoms with Crippen LogP contribution in [0.5, 0.6) is 0 Å². The van der Waals surface area contributed by atoms with Crippen molar-refractivity contribution in [3.63, 3.8) is 0 Å². The number of hydrogen-bond donors (Lipinski definition) is 1. The van der Waals surface area contributed by atoms with E-state index >= 15 is 0 Å². The molecule has 3 aromatic rings. The van der Waals surface area contributed by atoms with Crippen LogP contribution in [0, 0.1) is 0 Å². The molecule has 2 N–H and O–H groups in total. The average molecular weight is 269 g/mol. The van der Waals surface area contributed by atoms with Gasteiger partial charge in [0.05, 0.1) is 12.5 Å². The fourth-order valence-electron chi connectivity index (χ4n) is 2.03. The Morgan fingerprint density at radius 3 is 2.95 bits per heavy atom. The fourth-order valence-corrected chi connectivity index (χ4v) is 2.03. The van der Waals surface area contributed by atoms with Gasteiger partial charge in [0, 0.05) is 19.2 Å². The Kier molecular flexibility index (Phi) is 3.20. The second-order valence-corrected chi connectivity index (χ2v) is 4.65. The molecule has 0 radical (unpaired) electrons. The van der Waals surface area contributed by atoms with Crippen LogP contribution in [0.25, 0.3) is 11.5 Å². The minimum absolute atomic E-state index is 0.563. The number of hydrogen-bond acceptors (Lipinski definition) is 5. The van der Waals surface area contributed by atoms with Gasteiger partial charge in [-0.05, 0) is 24.1 Å². The van der Waals surface area contributed by atoms with E-state index in [4.69, 9.17) is 10.3 Å². The summed E-state index contributed by atoms with van der Waals surface area (Å²) in [6.07, 6.45) is 4.93. The molecule has 6 nitrogen and oxygen atoms in total. The third-order valence-corrected chi connectivity index (χ3v) is 3.09. The highest BCUT2D eigenvalue weighted by molar-refractivity contribution is 5.47. The van der Waals surface area contributed by atoms with E-state index in [1.807, 2.05) is 35.9 Å². The molecule has 0 fully saturated rings. The average Bonchev–Trinajstić information content (AvgIpc) is 3.05. The van der Waals surface area contributed by atoms with Crippen molar-refractivity contribution < 1.29 is 4.52 Å². The van der Waals surface area contributed by atoms with Crippen LogP contribution in [0.15, 0.2) is 41.3 Å². The lowest BCUT2D eigenvalue weighted by molar-refractivity contribution is 0.378. The van der Waals surface area contributed by atoms with E-state index in [9.17, 15) is 0 Å². The molecule has 0 aliphatic heterocycles. The highest BCUT2D eigenvalue weighted by atomic mass is 16.5. The van der Waals surface area contributed by atoms with Crippen LogP contribution in [-0.4, -0.2) is 19.7 Å². The van der Waals surface area contributed by atoms with Crippen LogP contribution < -0.4 is 5.73 Å². The van der Waals surface area contributed by atoms with E-state index in [2.05, 4.69) is 15.1 Å². The number of nitrogen functional groups attached to an aromatic ring is 1. The lowest BCUT2D eigenvalue weighted by atomic mass is 10.1. The zero-order valence-electron chi connectivity index (χ0n) is 11.2. The molecule has 2 heterocycles. The van der Waals surface area contributed by atoms with Crippen molar-refractivity contribution in [2.45, 2.75) is 12.8 Å². The summed E-state index contributed by atoms with van der Waals surface area (Å²) in [4.78, 5) is 8.42. The van der Waals surface area contributed by atoms with Crippen LogP contribution in [0.4, 0.5) is 5.69 Å². The molecule has 0 saturated carbocycles. The smallest absolute Gasteiger partial charge is 0.227 e. The Morgan fingerprint density at radius 1 is 1.30 bits per heavy atom. The van der Waals surface area contributed by atoms with E-state index in [0.717, 1.165) is 23.4 Å². The van der Waals surface area contributed by atoms with Gasteiger partial charge in [-0.3, -0.25) is 0 Å². The largest absolute Gasteiger partial charge is 0.399 e. The van der Waals surface area contributed by atoms with Gasteiger partial charge in [-0.1, -0.05) is 17.3 Å². The lowest BCUT2D eigenvalue weighted by Crippen LogP contribution is -1.94. The molecule has 0 aliphatic rings. The van der Waals surface area contributed by atoms with Crippen LogP contribution in [0.3, 0.4) is 0 Å². The monoisotopic (exact) mass is 269 g/mol. The third kappa shape index (κ3) is 2.54. The van der Waals surface area contributed by atoms with Gasteiger partial charge in [0.2, 0.25) is 11.7 Å². The first-order valence-corrected chi connectivity index (χ1v) is 6.36. The zero-order chi connectivity index (χ0) is 13.9. The Hall–Kier alpha value is -2.63.